The van der Waals surface area contributed by atoms with Gasteiger partial charge in [-0.2, -0.15) is 0 Å². The molecular weight excluding hydrogens is 532 g/mol. The van der Waals surface area contributed by atoms with E-state index in [1.165, 1.54) is 10.5 Å². The van der Waals surface area contributed by atoms with E-state index in [0.29, 0.717) is 25.1 Å². The highest BCUT2D eigenvalue weighted by atomic mass is 79.9. The number of amides is 2. The highest BCUT2D eigenvalue weighted by molar-refractivity contribution is 9.10. The van der Waals surface area contributed by atoms with Crippen molar-refractivity contribution in [3.05, 3.63) is 93.2 Å². The van der Waals surface area contributed by atoms with Gasteiger partial charge in [-0.1, -0.05) is 58.4 Å². The Bertz CT molecular complexity index is 1430. The Balaban J connectivity index is 1.19. The maximum atomic E-state index is 13.0. The molecule has 1 aliphatic heterocycles. The van der Waals surface area contributed by atoms with Gasteiger partial charge < -0.3 is 15.0 Å². The Hall–Kier alpha value is -3.65. The van der Waals surface area contributed by atoms with Crippen molar-refractivity contribution in [3.8, 4) is 0 Å². The van der Waals surface area contributed by atoms with Crippen LogP contribution in [0.1, 0.15) is 40.9 Å². The molecule has 190 valence electrons. The summed E-state index contributed by atoms with van der Waals surface area (Å²) in [4.78, 5) is 35.4. The number of nitrogens with one attached hydrogen (secondary N) is 2. The third-order valence-corrected chi connectivity index (χ3v) is 7.74. The quantitative estimate of drug-likeness (QED) is 0.291. The molecule has 37 heavy (non-hydrogen) atoms. The molecule has 7 nitrogen and oxygen atoms in total. The Morgan fingerprint density at radius 3 is 2.59 bits per heavy atom. The summed E-state index contributed by atoms with van der Waals surface area (Å²) in [7, 11) is 0. The third-order valence-electron chi connectivity index (χ3n) is 6.92. The molecule has 1 atom stereocenters. The SMILES string of the molecule is Cc1c(Br)cc2[nH]c(Cc3ccc(NC(=O)C4CCCN4C(=O)OCc4ccccc4)cc3)nc2c1C. The first kappa shape index (κ1) is 25.0. The first-order chi connectivity index (χ1) is 17.9. The summed E-state index contributed by atoms with van der Waals surface area (Å²) in [5.74, 6) is 0.693. The second-order valence-electron chi connectivity index (χ2n) is 9.44. The zero-order chi connectivity index (χ0) is 25.9. The van der Waals surface area contributed by atoms with Crippen LogP contribution in [0.2, 0.25) is 0 Å². The molecule has 0 saturated carbocycles. The van der Waals surface area contributed by atoms with Crippen LogP contribution in [0, 0.1) is 13.8 Å². The average molecular weight is 561 g/mol. The zero-order valence-electron chi connectivity index (χ0n) is 20.9. The van der Waals surface area contributed by atoms with E-state index in [0.717, 1.165) is 44.4 Å². The number of anilines is 1. The number of hydrogen-bond acceptors (Lipinski definition) is 4. The number of benzene rings is 3. The van der Waals surface area contributed by atoms with Gasteiger partial charge >= 0.3 is 6.09 Å². The summed E-state index contributed by atoms with van der Waals surface area (Å²) in [6.45, 7) is 4.86. The van der Waals surface area contributed by atoms with Gasteiger partial charge in [-0.25, -0.2) is 9.78 Å². The number of H-pyrrole nitrogens is 1. The van der Waals surface area contributed by atoms with Crippen molar-refractivity contribution in [1.82, 2.24) is 14.9 Å². The standard InChI is InChI=1S/C29H29BrN4O3/c1-18-19(2)27-24(16-23(18)30)32-26(33-27)15-20-10-12-22(13-11-20)31-28(35)25-9-6-14-34(25)29(36)37-17-21-7-4-3-5-8-21/h3-5,7-8,10-13,16,25H,6,9,14-15,17H2,1-2H3,(H,31,35)(H,32,33). The number of aryl methyl sites for hydroxylation is 1. The molecule has 1 unspecified atom stereocenters. The summed E-state index contributed by atoms with van der Waals surface area (Å²) in [5.41, 5.74) is 7.04. The van der Waals surface area contributed by atoms with Crippen molar-refractivity contribution in [2.75, 3.05) is 11.9 Å². The molecule has 0 bridgehead atoms. The molecule has 5 rings (SSSR count). The number of likely N-dealkylation sites (tertiary alicyclic amines) is 1. The number of halogens is 1. The number of imidazole rings is 1. The van der Waals surface area contributed by atoms with Crippen molar-refractivity contribution in [2.45, 2.75) is 45.8 Å². The van der Waals surface area contributed by atoms with E-state index in [-0.39, 0.29) is 12.5 Å². The Morgan fingerprint density at radius 2 is 1.84 bits per heavy atom. The second-order valence-corrected chi connectivity index (χ2v) is 10.3. The van der Waals surface area contributed by atoms with Crippen molar-refractivity contribution in [2.24, 2.45) is 0 Å². The summed E-state index contributed by atoms with van der Waals surface area (Å²) < 4.78 is 6.52. The summed E-state index contributed by atoms with van der Waals surface area (Å²) >= 11 is 3.61. The van der Waals surface area contributed by atoms with Crippen LogP contribution in [0.25, 0.3) is 11.0 Å². The Morgan fingerprint density at radius 1 is 1.08 bits per heavy atom. The number of carbonyl (C=O) groups is 2. The predicted octanol–water partition coefficient (Wildman–Crippen LogP) is 6.27. The molecule has 2 amide bonds. The third kappa shape index (κ3) is 5.54. The highest BCUT2D eigenvalue weighted by Crippen LogP contribution is 2.28. The topological polar surface area (TPSA) is 87.3 Å². The van der Waals surface area contributed by atoms with Gasteiger partial charge in [0.15, 0.2) is 0 Å². The number of ether oxygens (including phenoxy) is 1. The maximum absolute atomic E-state index is 13.0. The van der Waals surface area contributed by atoms with E-state index in [4.69, 9.17) is 9.72 Å². The molecule has 0 aliphatic carbocycles. The molecule has 0 radical (unpaired) electrons. The minimum atomic E-state index is -0.537. The molecule has 3 aromatic carbocycles. The van der Waals surface area contributed by atoms with E-state index in [2.05, 4.69) is 46.1 Å². The van der Waals surface area contributed by atoms with Crippen LogP contribution in [0.4, 0.5) is 10.5 Å². The smallest absolute Gasteiger partial charge is 0.410 e. The number of nitrogens with zero attached hydrogens (tertiary/aromatic N) is 2. The summed E-state index contributed by atoms with van der Waals surface area (Å²) in [6.07, 6.45) is 1.58. The van der Waals surface area contributed by atoms with Crippen molar-refractivity contribution in [3.63, 3.8) is 0 Å². The zero-order valence-corrected chi connectivity index (χ0v) is 22.5. The number of hydrogen-bond donors (Lipinski definition) is 2. The van der Waals surface area contributed by atoms with Crippen LogP contribution in [-0.2, 0) is 22.6 Å². The highest BCUT2D eigenvalue weighted by Gasteiger charge is 2.35. The molecule has 1 aliphatic rings. The van der Waals surface area contributed by atoms with Crippen LogP contribution in [0.3, 0.4) is 0 Å². The van der Waals surface area contributed by atoms with Crippen LogP contribution in [0.5, 0.6) is 0 Å². The number of aromatic nitrogens is 2. The minimum Gasteiger partial charge on any atom is -0.445 e. The summed E-state index contributed by atoms with van der Waals surface area (Å²) in [5, 5.41) is 2.96. The lowest BCUT2D eigenvalue weighted by molar-refractivity contribution is -0.120. The number of fused-ring (bicyclic) bond motifs is 1. The van der Waals surface area contributed by atoms with E-state index in [1.807, 2.05) is 54.6 Å². The lowest BCUT2D eigenvalue weighted by Crippen LogP contribution is -2.43. The van der Waals surface area contributed by atoms with Gasteiger partial charge in [0.05, 0.1) is 11.0 Å². The van der Waals surface area contributed by atoms with Gasteiger partial charge in [-0.3, -0.25) is 9.69 Å². The number of rotatable bonds is 6. The molecule has 1 saturated heterocycles. The number of aromatic amines is 1. The first-order valence-corrected chi connectivity index (χ1v) is 13.2. The fourth-order valence-corrected chi connectivity index (χ4v) is 5.21. The Kier molecular flexibility index (Phi) is 7.28. The fraction of sp³-hybridized carbons (Fsp3) is 0.276. The van der Waals surface area contributed by atoms with E-state index < -0.39 is 12.1 Å². The fourth-order valence-electron chi connectivity index (χ4n) is 4.69. The summed E-state index contributed by atoms with van der Waals surface area (Å²) in [6, 6.07) is 18.8. The molecule has 0 spiro atoms. The van der Waals surface area contributed by atoms with Crippen LogP contribution in [-0.4, -0.2) is 39.5 Å². The van der Waals surface area contributed by atoms with E-state index in [9.17, 15) is 9.59 Å². The molecule has 4 aromatic rings. The molecular formula is C29H29BrN4O3. The van der Waals surface area contributed by atoms with Crippen LogP contribution in [0.15, 0.2) is 65.1 Å². The minimum absolute atomic E-state index is 0.188. The first-order valence-electron chi connectivity index (χ1n) is 12.4. The molecule has 1 aromatic heterocycles. The van der Waals surface area contributed by atoms with Gasteiger partial charge in [-0.05, 0) is 67.1 Å². The van der Waals surface area contributed by atoms with Crippen molar-refractivity contribution >= 4 is 44.7 Å². The lowest BCUT2D eigenvalue weighted by atomic mass is 10.1. The van der Waals surface area contributed by atoms with Crippen molar-refractivity contribution < 1.29 is 14.3 Å². The van der Waals surface area contributed by atoms with Gasteiger partial charge in [0.25, 0.3) is 0 Å². The van der Waals surface area contributed by atoms with Crippen molar-refractivity contribution in [1.29, 1.82) is 0 Å². The van der Waals surface area contributed by atoms with E-state index >= 15 is 0 Å². The van der Waals surface area contributed by atoms with E-state index in [1.54, 1.807) is 0 Å². The maximum Gasteiger partial charge on any atom is 0.410 e. The monoisotopic (exact) mass is 560 g/mol. The second kappa shape index (κ2) is 10.8. The molecule has 1 fully saturated rings. The van der Waals surface area contributed by atoms with Gasteiger partial charge in [0, 0.05) is 23.1 Å². The lowest BCUT2D eigenvalue weighted by Gasteiger charge is -2.23. The molecule has 2 heterocycles. The molecule has 8 heteroatoms. The Labute approximate surface area is 224 Å². The molecule has 2 N–H and O–H groups in total. The number of carbonyl (C=O) groups excluding carboxylic acids is 2. The van der Waals surface area contributed by atoms with Crippen LogP contribution < -0.4 is 5.32 Å². The van der Waals surface area contributed by atoms with Gasteiger partial charge in [-0.15, -0.1) is 0 Å². The average Bonchev–Trinajstić information content (AvgIpc) is 3.55. The van der Waals surface area contributed by atoms with Gasteiger partial charge in [0.1, 0.15) is 18.5 Å². The normalized spacial score (nSPS) is 15.2. The van der Waals surface area contributed by atoms with Gasteiger partial charge in [0.2, 0.25) is 5.91 Å². The van der Waals surface area contributed by atoms with Crippen LogP contribution >= 0.6 is 15.9 Å². The largest absolute Gasteiger partial charge is 0.445 e. The predicted molar refractivity (Wildman–Crippen MR) is 148 cm³/mol.